The molecule has 20 heavy (non-hydrogen) atoms. The van der Waals surface area contributed by atoms with Gasteiger partial charge in [0.25, 0.3) is 5.69 Å². The number of benzene rings is 1. The normalized spacial score (nSPS) is 16.6. The van der Waals surface area contributed by atoms with E-state index in [1.165, 1.54) is 19.1 Å². The molecule has 1 saturated heterocycles. The first kappa shape index (κ1) is 14.4. The number of hydrogen-bond acceptors (Lipinski definition) is 5. The van der Waals surface area contributed by atoms with Gasteiger partial charge in [-0.05, 0) is 13.0 Å². The van der Waals surface area contributed by atoms with Gasteiger partial charge in [-0.1, -0.05) is 6.07 Å². The van der Waals surface area contributed by atoms with Crippen LogP contribution in [0.3, 0.4) is 0 Å². The van der Waals surface area contributed by atoms with Crippen molar-refractivity contribution >= 4 is 21.7 Å². The van der Waals surface area contributed by atoms with E-state index in [0.717, 1.165) is 10.4 Å². The Morgan fingerprint density at radius 1 is 1.45 bits per heavy atom. The number of sulfonamides is 1. The minimum atomic E-state index is -3.88. The molecule has 0 aliphatic carbocycles. The Morgan fingerprint density at radius 3 is 2.55 bits per heavy atom. The SMILES string of the molecule is Cc1ccc(S(=O)(=O)N2CC(C(=O)O)C2)cc1[N+](=O)[O-]. The summed E-state index contributed by atoms with van der Waals surface area (Å²) in [4.78, 5) is 20.6. The molecule has 8 nitrogen and oxygen atoms in total. The first-order valence-electron chi connectivity index (χ1n) is 5.71. The van der Waals surface area contributed by atoms with Gasteiger partial charge >= 0.3 is 5.97 Å². The van der Waals surface area contributed by atoms with Crippen LogP contribution >= 0.6 is 0 Å². The van der Waals surface area contributed by atoms with Gasteiger partial charge in [-0.15, -0.1) is 0 Å². The fourth-order valence-electron chi connectivity index (χ4n) is 1.89. The second-order valence-electron chi connectivity index (χ2n) is 4.56. The minimum absolute atomic E-state index is 0.112. The largest absolute Gasteiger partial charge is 0.481 e. The van der Waals surface area contributed by atoms with E-state index in [4.69, 9.17) is 5.11 Å². The predicted molar refractivity (Wildman–Crippen MR) is 67.7 cm³/mol. The topological polar surface area (TPSA) is 118 Å². The molecule has 0 radical (unpaired) electrons. The van der Waals surface area contributed by atoms with Crippen molar-refractivity contribution in [2.45, 2.75) is 11.8 Å². The molecular weight excluding hydrogens is 288 g/mol. The summed E-state index contributed by atoms with van der Waals surface area (Å²) in [6.07, 6.45) is 0. The fraction of sp³-hybridized carbons (Fsp3) is 0.364. The Kier molecular flexibility index (Phi) is 3.48. The third-order valence-electron chi connectivity index (χ3n) is 3.21. The van der Waals surface area contributed by atoms with E-state index in [1.807, 2.05) is 0 Å². The molecule has 1 heterocycles. The van der Waals surface area contributed by atoms with Crippen molar-refractivity contribution in [3.63, 3.8) is 0 Å². The van der Waals surface area contributed by atoms with Crippen LogP contribution in [0, 0.1) is 23.0 Å². The highest BCUT2D eigenvalue weighted by Crippen LogP contribution is 2.28. The zero-order valence-corrected chi connectivity index (χ0v) is 11.3. The van der Waals surface area contributed by atoms with Crippen molar-refractivity contribution in [2.24, 2.45) is 5.92 Å². The number of carboxylic acid groups (broad SMARTS) is 1. The van der Waals surface area contributed by atoms with Gasteiger partial charge in [0.1, 0.15) is 0 Å². The third-order valence-corrected chi connectivity index (χ3v) is 5.04. The number of aliphatic carboxylic acids is 1. The standard InChI is InChI=1S/C11H12N2O6S/c1-7-2-3-9(4-10(7)13(16)17)20(18,19)12-5-8(6-12)11(14)15/h2-4,8H,5-6H2,1H3,(H,14,15). The molecule has 1 aromatic rings. The van der Waals surface area contributed by atoms with E-state index in [-0.39, 0.29) is 23.7 Å². The van der Waals surface area contributed by atoms with E-state index in [1.54, 1.807) is 0 Å². The number of rotatable bonds is 4. The van der Waals surface area contributed by atoms with Crippen LogP contribution in [-0.4, -0.2) is 41.8 Å². The first-order valence-corrected chi connectivity index (χ1v) is 7.15. The van der Waals surface area contributed by atoms with Crippen LogP contribution in [-0.2, 0) is 14.8 Å². The number of hydrogen-bond donors (Lipinski definition) is 1. The van der Waals surface area contributed by atoms with Crippen molar-refractivity contribution in [2.75, 3.05) is 13.1 Å². The lowest BCUT2D eigenvalue weighted by molar-refractivity contribution is -0.385. The lowest BCUT2D eigenvalue weighted by atomic mass is 10.0. The fourth-order valence-corrected chi connectivity index (χ4v) is 3.44. The van der Waals surface area contributed by atoms with Gasteiger partial charge in [0.2, 0.25) is 10.0 Å². The summed E-state index contributed by atoms with van der Waals surface area (Å²) in [5.74, 6) is -1.77. The maximum Gasteiger partial charge on any atom is 0.309 e. The van der Waals surface area contributed by atoms with Crippen LogP contribution in [0.15, 0.2) is 23.1 Å². The molecule has 0 saturated carbocycles. The number of carboxylic acids is 1. The second kappa shape index (κ2) is 4.84. The molecule has 9 heteroatoms. The molecule has 1 fully saturated rings. The zero-order valence-electron chi connectivity index (χ0n) is 10.5. The summed E-state index contributed by atoms with van der Waals surface area (Å²) >= 11 is 0. The predicted octanol–water partition coefficient (Wildman–Crippen LogP) is 0.608. The van der Waals surface area contributed by atoms with Crippen LogP contribution in [0.2, 0.25) is 0 Å². The quantitative estimate of drug-likeness (QED) is 0.643. The maximum atomic E-state index is 12.2. The Balaban J connectivity index is 2.30. The van der Waals surface area contributed by atoms with Crippen LogP contribution in [0.5, 0.6) is 0 Å². The summed E-state index contributed by atoms with van der Waals surface area (Å²) < 4.78 is 25.4. The molecule has 0 spiro atoms. The van der Waals surface area contributed by atoms with Crippen molar-refractivity contribution in [3.8, 4) is 0 Å². The highest BCUT2D eigenvalue weighted by Gasteiger charge is 2.40. The van der Waals surface area contributed by atoms with E-state index >= 15 is 0 Å². The van der Waals surface area contributed by atoms with Crippen LogP contribution < -0.4 is 0 Å². The molecular formula is C11H12N2O6S. The molecule has 108 valence electrons. The van der Waals surface area contributed by atoms with E-state index in [0.29, 0.717) is 5.56 Å². The van der Waals surface area contributed by atoms with E-state index in [2.05, 4.69) is 0 Å². The highest BCUT2D eigenvalue weighted by molar-refractivity contribution is 7.89. The van der Waals surface area contributed by atoms with Crippen molar-refractivity contribution < 1.29 is 23.2 Å². The number of carbonyl (C=O) groups is 1. The summed E-state index contributed by atoms with van der Waals surface area (Å²) in [7, 11) is -3.88. The molecule has 0 unspecified atom stereocenters. The molecule has 0 amide bonds. The summed E-state index contributed by atoms with van der Waals surface area (Å²) in [5.41, 5.74) is 0.0855. The maximum absolute atomic E-state index is 12.2. The molecule has 1 aromatic carbocycles. The van der Waals surface area contributed by atoms with Crippen LogP contribution in [0.25, 0.3) is 0 Å². The second-order valence-corrected chi connectivity index (χ2v) is 6.50. The summed E-state index contributed by atoms with van der Waals surface area (Å²) in [6, 6.07) is 3.64. The van der Waals surface area contributed by atoms with Crippen LogP contribution in [0.4, 0.5) is 5.69 Å². The van der Waals surface area contributed by atoms with Crippen molar-refractivity contribution in [1.82, 2.24) is 4.31 Å². The van der Waals surface area contributed by atoms with Gasteiger partial charge in [0, 0.05) is 24.7 Å². The van der Waals surface area contributed by atoms with Gasteiger partial charge in [0.15, 0.2) is 0 Å². The number of nitro groups is 1. The lowest BCUT2D eigenvalue weighted by Gasteiger charge is -2.35. The third kappa shape index (κ3) is 2.37. The lowest BCUT2D eigenvalue weighted by Crippen LogP contribution is -2.52. The first-order chi connectivity index (χ1) is 9.23. The van der Waals surface area contributed by atoms with Gasteiger partial charge in [-0.3, -0.25) is 14.9 Å². The summed E-state index contributed by atoms with van der Waals surface area (Å²) in [5, 5.41) is 19.5. The van der Waals surface area contributed by atoms with Crippen LogP contribution in [0.1, 0.15) is 5.56 Å². The smallest absolute Gasteiger partial charge is 0.309 e. The van der Waals surface area contributed by atoms with Gasteiger partial charge in [0.05, 0.1) is 15.7 Å². The van der Waals surface area contributed by atoms with E-state index < -0.39 is 26.8 Å². The molecule has 1 N–H and O–H groups in total. The molecule has 0 aromatic heterocycles. The van der Waals surface area contributed by atoms with Gasteiger partial charge < -0.3 is 5.11 Å². The summed E-state index contributed by atoms with van der Waals surface area (Å²) in [6.45, 7) is 1.29. The monoisotopic (exact) mass is 300 g/mol. The van der Waals surface area contributed by atoms with Crippen molar-refractivity contribution in [1.29, 1.82) is 0 Å². The van der Waals surface area contributed by atoms with Crippen molar-refractivity contribution in [3.05, 3.63) is 33.9 Å². The van der Waals surface area contributed by atoms with E-state index in [9.17, 15) is 23.3 Å². The van der Waals surface area contributed by atoms with Gasteiger partial charge in [-0.25, -0.2) is 8.42 Å². The highest BCUT2D eigenvalue weighted by atomic mass is 32.2. The molecule has 2 rings (SSSR count). The van der Waals surface area contributed by atoms with Gasteiger partial charge in [-0.2, -0.15) is 4.31 Å². The number of aryl methyl sites for hydroxylation is 1. The average molecular weight is 300 g/mol. The molecule has 0 atom stereocenters. The Hall–Kier alpha value is -2.00. The molecule has 1 aliphatic rings. The number of nitro benzene ring substituents is 1. The zero-order chi connectivity index (χ0) is 15.1. The number of nitrogens with zero attached hydrogens (tertiary/aromatic N) is 2. The minimum Gasteiger partial charge on any atom is -0.481 e. The average Bonchev–Trinajstić information content (AvgIpc) is 2.25. The Morgan fingerprint density at radius 2 is 2.05 bits per heavy atom. The molecule has 0 bridgehead atoms. The Labute approximate surface area is 114 Å². The molecule has 1 aliphatic heterocycles. The Bertz CT molecular complexity index is 678.